The highest BCUT2D eigenvalue weighted by atomic mass is 28.3. The monoisotopic (exact) mass is 1190 g/mol. The van der Waals surface area contributed by atoms with E-state index in [2.05, 4.69) is 20.8 Å². The number of ether oxygens (including phenoxy) is 1. The molecule has 0 aliphatic rings. The molecule has 0 radical (unpaired) electrons. The van der Waals surface area contributed by atoms with Gasteiger partial charge in [-0.25, -0.2) is 4.98 Å². The summed E-state index contributed by atoms with van der Waals surface area (Å²) in [5.74, 6) is 0.506. The number of nitrogens with zero attached hydrogens (tertiary/aromatic N) is 4. The normalized spacial score (nSPS) is 17.0. The molecule has 0 atom stereocenters. The maximum atomic E-state index is 11.0. The summed E-state index contributed by atoms with van der Waals surface area (Å²) in [5.41, 5.74) is 1.03. The van der Waals surface area contributed by atoms with Crippen LogP contribution in [-0.4, -0.2) is 22.2 Å². The lowest BCUT2D eigenvalue weighted by atomic mass is 9.86. The van der Waals surface area contributed by atoms with Gasteiger partial charge in [0.2, 0.25) is 0 Å². The van der Waals surface area contributed by atoms with E-state index in [-0.39, 0.29) is 61.8 Å². The third-order valence-corrected chi connectivity index (χ3v) is 19.6. The van der Waals surface area contributed by atoms with Crippen LogP contribution in [0.4, 0.5) is 0 Å². The molecule has 0 unspecified atom stereocenters. The van der Waals surface area contributed by atoms with Crippen LogP contribution in [0.1, 0.15) is 75.8 Å². The van der Waals surface area contributed by atoms with Crippen LogP contribution in [0.2, 0.25) is 0 Å². The summed E-state index contributed by atoms with van der Waals surface area (Å²) in [6, 6.07) is 8.14. The molecule has 6 heteroatoms. The molecule has 5 nitrogen and oxygen atoms in total. The van der Waals surface area contributed by atoms with E-state index < -0.39 is 222 Å². The van der Waals surface area contributed by atoms with E-state index >= 15 is 0 Å². The van der Waals surface area contributed by atoms with E-state index in [0.717, 1.165) is 11.1 Å². The zero-order valence-corrected chi connectivity index (χ0v) is 48.6. The SMILES string of the molecule is [2H]c1c([2H])c([2H])c(-c2cnc(-n3c4ccccc4c4ccc(Oc5cccc(-n6c[n+](-c7c(-c8c([2H])c([2H])c([2H])c([2H])c8[2H])cccc7-c7c([2H])c([2H])c([2H])c([Si](c8c([2H])c([2H])c([2H])c([2H])c8[2H])(c8c([2H])c([2H])c([2H])c([2H])c8[2H])c8c([2H])c([2H])c([2H])c([2H])c8[2H])c7[2H])c7ccc(-c8ccc(C(C)(C)C)cc8)cc76)c5)cc43)cc2C([2H])([2H])[2H])c([2H])c1[2H]. The zero-order valence-electron chi connectivity index (χ0n) is 79.6. The largest absolute Gasteiger partial charge is 0.457 e. The highest BCUT2D eigenvalue weighted by Gasteiger charge is 2.41. The number of rotatable bonds is 13. The third-order valence-electron chi connectivity index (χ3n) is 15.6. The first-order valence-corrected chi connectivity index (χ1v) is 30.0. The van der Waals surface area contributed by atoms with Gasteiger partial charge in [-0.05, 0) is 127 Å². The summed E-state index contributed by atoms with van der Waals surface area (Å²) in [5, 5.41) is -2.96. The first kappa shape index (κ1) is 30.1. The minimum atomic E-state index is -6.46. The summed E-state index contributed by atoms with van der Waals surface area (Å²) in [6.07, 6.45) is 2.70. The molecule has 0 spiro atoms. The predicted octanol–water partition coefficient (Wildman–Crippen LogP) is 17.8. The standard InChI is InChI=1S/C83H65N4OSi/c1-58-51-81(84-56-76(58)61-27-12-6-13-28-61)87-77-42-21-20-39-74(77)75-49-48-67(55-79(75)87)88-66-31-23-30-65(54-66)85-57-86(78-50-45-62(53-80(78)85)59-43-46-64(47-44-59)83(2,3)4)82-72(60-25-10-5-11-26-60)40-24-41-73(82)63-29-22-38-71(52-63)89(68-32-14-7-15-33-68,69-34-16-8-17-35-69)70-36-18-9-19-37-70/h5-57H,1-4H3/q+1/i1D3,5D,6D,7D,8D,9D,10D,11D,12D,13D,14D,15D,16D,17D,18D,19D,22D,25D,26D,27D,28D,29D,32D,33D,34D,35D,36D,37D,38D,52D. The van der Waals surface area contributed by atoms with Crippen molar-refractivity contribution in [3.63, 3.8) is 0 Å². The van der Waals surface area contributed by atoms with Gasteiger partial charge < -0.3 is 4.74 Å². The average molecular weight is 1190 g/mol. The molecule has 0 N–H and O–H groups in total. The summed E-state index contributed by atoms with van der Waals surface area (Å²) >= 11 is 0. The fourth-order valence-electron chi connectivity index (χ4n) is 11.4. The fourth-order valence-corrected chi connectivity index (χ4v) is 15.0. The van der Waals surface area contributed by atoms with Crippen molar-refractivity contribution < 1.29 is 53.2 Å². The van der Waals surface area contributed by atoms with Crippen molar-refractivity contribution in [1.29, 1.82) is 0 Å². The van der Waals surface area contributed by atoms with E-state index in [9.17, 15) is 24.7 Å². The Morgan fingerprint density at radius 3 is 1.70 bits per heavy atom. The number of pyridine rings is 1. The molecule has 0 amide bonds. The second kappa shape index (κ2) is 22.7. The molecule has 15 aromatic rings. The van der Waals surface area contributed by atoms with Gasteiger partial charge in [-0.15, -0.1) is 0 Å². The average Bonchev–Trinajstić information content (AvgIpc) is 1.19. The molecular formula is C83H65N4OSi+. The summed E-state index contributed by atoms with van der Waals surface area (Å²) < 4.78 is 309. The Balaban J connectivity index is 1.02. The van der Waals surface area contributed by atoms with Gasteiger partial charge in [0.25, 0.3) is 6.33 Å². The van der Waals surface area contributed by atoms with E-state index in [4.69, 9.17) is 28.9 Å². The molecule has 0 saturated heterocycles. The van der Waals surface area contributed by atoms with E-state index in [1.807, 2.05) is 42.5 Å². The molecular weight excluding hydrogens is 1100 g/mol. The van der Waals surface area contributed by atoms with E-state index in [1.54, 1.807) is 75.9 Å². The van der Waals surface area contributed by atoms with Crippen LogP contribution in [0, 0.1) is 6.85 Å². The molecule has 15 rings (SSSR count). The number of aromatic nitrogens is 4. The number of hydrogen-bond donors (Lipinski definition) is 0. The maximum Gasteiger partial charge on any atom is 0.255 e. The number of benzene rings is 12. The van der Waals surface area contributed by atoms with Crippen molar-refractivity contribution in [3.05, 3.63) is 332 Å². The Morgan fingerprint density at radius 1 is 0.461 bits per heavy atom. The first-order valence-electron chi connectivity index (χ1n) is 44.0. The van der Waals surface area contributed by atoms with Gasteiger partial charge in [-0.2, -0.15) is 9.13 Å². The van der Waals surface area contributed by atoms with Gasteiger partial charge in [0, 0.05) is 49.9 Å². The van der Waals surface area contributed by atoms with Crippen molar-refractivity contribution in [2.75, 3.05) is 0 Å². The second-order valence-electron chi connectivity index (χ2n) is 21.8. The second-order valence-corrected chi connectivity index (χ2v) is 25.3. The molecule has 0 aliphatic heterocycles. The number of hydrogen-bond acceptors (Lipinski definition) is 2. The molecule has 426 valence electrons. The Labute approximate surface area is 566 Å². The molecule has 3 heterocycles. The lowest BCUT2D eigenvalue weighted by Gasteiger charge is -2.34. The Hall–Kier alpha value is -10.9. The van der Waals surface area contributed by atoms with Gasteiger partial charge in [-0.1, -0.05) is 263 Å². The summed E-state index contributed by atoms with van der Waals surface area (Å²) in [6.45, 7) is 3.26. The van der Waals surface area contributed by atoms with Crippen molar-refractivity contribution in [2.45, 2.75) is 33.0 Å². The minimum absolute atomic E-state index is 0.0816. The quantitative estimate of drug-likeness (QED) is 0.0655. The van der Waals surface area contributed by atoms with Gasteiger partial charge in [-0.3, -0.25) is 4.57 Å². The predicted molar refractivity (Wildman–Crippen MR) is 372 cm³/mol. The highest BCUT2D eigenvalue weighted by molar-refractivity contribution is 7.19. The smallest absolute Gasteiger partial charge is 0.255 e. The van der Waals surface area contributed by atoms with Crippen LogP contribution in [0.5, 0.6) is 11.5 Å². The molecule has 0 bridgehead atoms. The zero-order chi connectivity index (χ0) is 87.8. The number of para-hydroxylation sites is 2. The lowest BCUT2D eigenvalue weighted by Crippen LogP contribution is -2.74. The van der Waals surface area contributed by atoms with Crippen LogP contribution < -0.4 is 30.1 Å². The summed E-state index contributed by atoms with van der Waals surface area (Å²) in [4.78, 5) is 4.72. The Bertz CT molecular complexity index is 6720. The van der Waals surface area contributed by atoms with Crippen LogP contribution in [0.15, 0.2) is 321 Å². The molecule has 3 aromatic heterocycles. The molecule has 0 aliphatic carbocycles. The Morgan fingerprint density at radius 2 is 1.03 bits per heavy atom. The number of imidazole rings is 1. The molecule has 0 fully saturated rings. The van der Waals surface area contributed by atoms with Gasteiger partial charge in [0.05, 0.1) is 50.8 Å². The molecule has 0 saturated carbocycles. The lowest BCUT2D eigenvalue weighted by molar-refractivity contribution is -0.566. The van der Waals surface area contributed by atoms with Crippen LogP contribution in [-0.2, 0) is 5.41 Å². The van der Waals surface area contributed by atoms with Crippen molar-refractivity contribution in [3.8, 4) is 73.2 Å². The maximum absolute atomic E-state index is 11.0. The van der Waals surface area contributed by atoms with Crippen molar-refractivity contribution in [2.24, 2.45) is 0 Å². The van der Waals surface area contributed by atoms with E-state index in [1.165, 1.54) is 41.4 Å². The fraction of sp³-hybridized carbons (Fsp3) is 0.0602. The van der Waals surface area contributed by atoms with Gasteiger partial charge in [0.1, 0.15) is 28.7 Å². The Kier molecular flexibility index (Phi) is 7.70. The van der Waals surface area contributed by atoms with Crippen molar-refractivity contribution >= 4 is 61.7 Å². The van der Waals surface area contributed by atoms with Crippen LogP contribution >= 0.6 is 0 Å². The summed E-state index contributed by atoms with van der Waals surface area (Å²) in [7, 11) is -6.46. The van der Waals surface area contributed by atoms with Crippen LogP contribution in [0.25, 0.3) is 94.5 Å². The van der Waals surface area contributed by atoms with Crippen molar-refractivity contribution in [1.82, 2.24) is 14.1 Å². The third kappa shape index (κ3) is 9.94. The van der Waals surface area contributed by atoms with Gasteiger partial charge in [0.15, 0.2) is 19.1 Å². The highest BCUT2D eigenvalue weighted by Crippen LogP contribution is 2.39. The first-order chi connectivity index (χ1) is 56.9. The molecule has 12 aromatic carbocycles. The van der Waals surface area contributed by atoms with E-state index in [0.29, 0.717) is 38.6 Å². The molecule has 89 heavy (non-hydrogen) atoms. The topological polar surface area (TPSA) is 35.9 Å². The van der Waals surface area contributed by atoms with Gasteiger partial charge >= 0.3 is 0 Å². The number of aryl methyl sites for hydroxylation is 1. The minimum Gasteiger partial charge on any atom is -0.457 e. The van der Waals surface area contributed by atoms with Crippen LogP contribution in [0.3, 0.4) is 0 Å². The number of fused-ring (bicyclic) bond motifs is 4.